The predicted molar refractivity (Wildman–Crippen MR) is 120 cm³/mol. The van der Waals surface area contributed by atoms with Gasteiger partial charge in [0.05, 0.1) is 0 Å². The largest absolute Gasteiger partial charge is 0.337 e. The van der Waals surface area contributed by atoms with E-state index >= 15 is 0 Å². The number of likely N-dealkylation sites (tertiary alicyclic amines) is 1. The molecule has 5 nitrogen and oxygen atoms in total. The maximum atomic E-state index is 13.5. The van der Waals surface area contributed by atoms with Crippen molar-refractivity contribution in [2.45, 2.75) is 25.7 Å². The van der Waals surface area contributed by atoms with Gasteiger partial charge < -0.3 is 9.30 Å². The average Bonchev–Trinajstić information content (AvgIpc) is 3.44. The normalized spacial score (nSPS) is 18.1. The van der Waals surface area contributed by atoms with E-state index in [0.717, 1.165) is 42.3 Å². The lowest BCUT2D eigenvalue weighted by molar-refractivity contribution is 0.0633. The van der Waals surface area contributed by atoms with Gasteiger partial charge in [0.25, 0.3) is 5.91 Å². The molecule has 1 aliphatic heterocycles. The summed E-state index contributed by atoms with van der Waals surface area (Å²) in [6.45, 7) is 1.12. The van der Waals surface area contributed by atoms with Gasteiger partial charge in [-0.3, -0.25) is 9.59 Å². The van der Waals surface area contributed by atoms with Crippen LogP contribution in [-0.2, 0) is 12.8 Å². The third kappa shape index (κ3) is 2.95. The third-order valence-corrected chi connectivity index (χ3v) is 6.80. The Bertz CT molecular complexity index is 1310. The van der Waals surface area contributed by atoms with Crippen LogP contribution in [0.5, 0.6) is 0 Å². The lowest BCUT2D eigenvalue weighted by Crippen LogP contribution is -2.42. The second-order valence-electron chi connectivity index (χ2n) is 8.66. The van der Waals surface area contributed by atoms with Crippen LogP contribution >= 0.6 is 0 Å². The highest BCUT2D eigenvalue weighted by atomic mass is 16.2. The van der Waals surface area contributed by atoms with E-state index in [1.165, 1.54) is 16.5 Å². The number of aryl methyl sites for hydroxylation is 2. The molecule has 0 spiro atoms. The standard InChI is InChI=1S/C26H23N3O2/c30-25(21-12-11-18-10-9-17-5-3-7-20(21)24(17)18)19-6-4-14-29(15-19)26(31)22-16-28-13-2-1-8-23(28)27-22/h1-3,5,7-8,11-13,16,19H,4,6,9-10,14-15H2. The Labute approximate surface area is 180 Å². The first kappa shape index (κ1) is 18.3. The van der Waals surface area contributed by atoms with E-state index in [0.29, 0.717) is 18.8 Å². The van der Waals surface area contributed by atoms with Crippen LogP contribution in [0.4, 0.5) is 0 Å². The van der Waals surface area contributed by atoms with Crippen molar-refractivity contribution in [2.75, 3.05) is 13.1 Å². The number of ketones is 1. The molecule has 31 heavy (non-hydrogen) atoms. The van der Waals surface area contributed by atoms with Crippen LogP contribution < -0.4 is 0 Å². The minimum atomic E-state index is -0.173. The summed E-state index contributed by atoms with van der Waals surface area (Å²) < 4.78 is 1.85. The number of carbonyl (C=O) groups excluding carboxylic acids is 2. The highest BCUT2D eigenvalue weighted by molar-refractivity contribution is 6.11. The second-order valence-corrected chi connectivity index (χ2v) is 8.66. The molecule has 1 saturated heterocycles. The summed E-state index contributed by atoms with van der Waals surface area (Å²) in [6, 6.07) is 16.1. The van der Waals surface area contributed by atoms with Crippen LogP contribution in [-0.4, -0.2) is 39.1 Å². The highest BCUT2D eigenvalue weighted by Crippen LogP contribution is 2.34. The molecule has 0 saturated carbocycles. The Kier molecular flexibility index (Phi) is 4.16. The zero-order valence-corrected chi connectivity index (χ0v) is 17.3. The topological polar surface area (TPSA) is 54.7 Å². The maximum absolute atomic E-state index is 13.5. The fourth-order valence-corrected chi connectivity index (χ4v) is 5.26. The lowest BCUT2D eigenvalue weighted by atomic mass is 9.87. The van der Waals surface area contributed by atoms with E-state index in [2.05, 4.69) is 29.2 Å². The Morgan fingerprint density at radius 3 is 2.71 bits per heavy atom. The van der Waals surface area contributed by atoms with Gasteiger partial charge in [-0.1, -0.05) is 36.4 Å². The molecular weight excluding hydrogens is 386 g/mol. The summed E-state index contributed by atoms with van der Waals surface area (Å²) >= 11 is 0. The van der Waals surface area contributed by atoms with E-state index in [9.17, 15) is 9.59 Å². The molecule has 1 amide bonds. The summed E-state index contributed by atoms with van der Waals surface area (Å²) in [5.41, 5.74) is 4.67. The van der Waals surface area contributed by atoms with E-state index < -0.39 is 0 Å². The lowest BCUT2D eigenvalue weighted by Gasteiger charge is -2.31. The van der Waals surface area contributed by atoms with E-state index in [1.807, 2.05) is 34.9 Å². The number of fused-ring (bicyclic) bond motifs is 1. The first-order valence-electron chi connectivity index (χ1n) is 11.0. The van der Waals surface area contributed by atoms with Gasteiger partial charge in [-0.05, 0) is 59.7 Å². The van der Waals surface area contributed by atoms with Gasteiger partial charge in [0.15, 0.2) is 5.78 Å². The number of pyridine rings is 1. The minimum Gasteiger partial charge on any atom is -0.337 e. The number of carbonyl (C=O) groups is 2. The number of amides is 1. The molecule has 6 rings (SSSR count). The number of imidazole rings is 1. The number of nitrogens with zero attached hydrogens (tertiary/aromatic N) is 3. The van der Waals surface area contributed by atoms with Gasteiger partial charge in [-0.15, -0.1) is 0 Å². The number of rotatable bonds is 3. The second kappa shape index (κ2) is 7.05. The SMILES string of the molecule is O=C(c1ccc2c3c(cccc13)CC2)C1CCCN(C(=O)c2cn3ccccc3n2)C1. The van der Waals surface area contributed by atoms with Crippen LogP contribution in [0, 0.1) is 5.92 Å². The summed E-state index contributed by atoms with van der Waals surface area (Å²) in [7, 11) is 0. The van der Waals surface area contributed by atoms with Crippen molar-refractivity contribution in [1.29, 1.82) is 0 Å². The molecule has 4 aromatic rings. The number of benzene rings is 2. The quantitative estimate of drug-likeness (QED) is 0.474. The number of piperidine rings is 1. The molecule has 154 valence electrons. The Morgan fingerprint density at radius 2 is 1.84 bits per heavy atom. The monoisotopic (exact) mass is 409 g/mol. The molecule has 1 aliphatic carbocycles. The molecule has 0 radical (unpaired) electrons. The Hall–Kier alpha value is -3.47. The number of hydrogen-bond donors (Lipinski definition) is 0. The first-order chi connectivity index (χ1) is 15.2. The van der Waals surface area contributed by atoms with Crippen LogP contribution in [0.3, 0.4) is 0 Å². The third-order valence-electron chi connectivity index (χ3n) is 6.80. The average molecular weight is 409 g/mol. The van der Waals surface area contributed by atoms with Crippen molar-refractivity contribution in [3.8, 4) is 0 Å². The first-order valence-corrected chi connectivity index (χ1v) is 11.0. The van der Waals surface area contributed by atoms with Crippen molar-refractivity contribution in [1.82, 2.24) is 14.3 Å². The van der Waals surface area contributed by atoms with Crippen molar-refractivity contribution < 1.29 is 9.59 Å². The number of Topliss-reactive ketones (excluding diaryl/α,β-unsaturated/α-hetero) is 1. The zero-order valence-electron chi connectivity index (χ0n) is 17.3. The van der Waals surface area contributed by atoms with Gasteiger partial charge >= 0.3 is 0 Å². The van der Waals surface area contributed by atoms with Gasteiger partial charge in [0, 0.05) is 37.0 Å². The summed E-state index contributed by atoms with van der Waals surface area (Å²) in [5.74, 6) is -0.113. The Balaban J connectivity index is 1.28. The van der Waals surface area contributed by atoms with Gasteiger partial charge in [0.1, 0.15) is 11.3 Å². The van der Waals surface area contributed by atoms with Gasteiger partial charge in [-0.2, -0.15) is 0 Å². The summed E-state index contributed by atoms with van der Waals surface area (Å²) in [5, 5.41) is 2.34. The zero-order chi connectivity index (χ0) is 20.9. The Morgan fingerprint density at radius 1 is 0.968 bits per heavy atom. The smallest absolute Gasteiger partial charge is 0.274 e. The fourth-order valence-electron chi connectivity index (χ4n) is 5.26. The van der Waals surface area contributed by atoms with Crippen LogP contribution in [0.25, 0.3) is 16.4 Å². The molecule has 2 aliphatic rings. The molecule has 0 N–H and O–H groups in total. The molecule has 2 aromatic heterocycles. The molecule has 1 fully saturated rings. The van der Waals surface area contributed by atoms with Gasteiger partial charge in [0.2, 0.25) is 0 Å². The highest BCUT2D eigenvalue weighted by Gasteiger charge is 2.31. The number of aromatic nitrogens is 2. The maximum Gasteiger partial charge on any atom is 0.274 e. The fraction of sp³-hybridized carbons (Fsp3) is 0.269. The molecule has 3 heterocycles. The molecular formula is C26H23N3O2. The van der Waals surface area contributed by atoms with Gasteiger partial charge in [-0.25, -0.2) is 4.98 Å². The number of hydrogen-bond acceptors (Lipinski definition) is 3. The van der Waals surface area contributed by atoms with E-state index in [-0.39, 0.29) is 17.6 Å². The van der Waals surface area contributed by atoms with Crippen LogP contribution in [0.15, 0.2) is 60.9 Å². The molecule has 0 bridgehead atoms. The predicted octanol–water partition coefficient (Wildman–Crippen LogP) is 4.32. The van der Waals surface area contributed by atoms with Crippen molar-refractivity contribution in [3.05, 3.63) is 83.3 Å². The van der Waals surface area contributed by atoms with Crippen molar-refractivity contribution >= 4 is 28.1 Å². The van der Waals surface area contributed by atoms with Crippen molar-refractivity contribution in [2.24, 2.45) is 5.92 Å². The van der Waals surface area contributed by atoms with Crippen LogP contribution in [0.2, 0.25) is 0 Å². The summed E-state index contributed by atoms with van der Waals surface area (Å²) in [4.78, 5) is 32.9. The molecule has 2 aromatic carbocycles. The molecule has 1 atom stereocenters. The molecule has 5 heteroatoms. The van der Waals surface area contributed by atoms with E-state index in [4.69, 9.17) is 0 Å². The van der Waals surface area contributed by atoms with Crippen LogP contribution in [0.1, 0.15) is 44.8 Å². The summed E-state index contributed by atoms with van der Waals surface area (Å²) in [6.07, 6.45) is 7.40. The molecule has 1 unspecified atom stereocenters. The van der Waals surface area contributed by atoms with Crippen molar-refractivity contribution in [3.63, 3.8) is 0 Å². The van der Waals surface area contributed by atoms with E-state index in [1.54, 1.807) is 11.1 Å². The minimum absolute atomic E-state index is 0.0957.